The van der Waals surface area contributed by atoms with Crippen molar-refractivity contribution in [1.82, 2.24) is 5.32 Å². The summed E-state index contributed by atoms with van der Waals surface area (Å²) < 4.78 is 28.6. The fraction of sp³-hybridized carbons (Fsp3) is 0.538. The molecule has 0 radical (unpaired) electrons. The number of sulfone groups is 1. The lowest BCUT2D eigenvalue weighted by molar-refractivity contribution is 0.0857. The average molecular weight is 269 g/mol. The Hall–Kier alpha value is -1.07. The van der Waals surface area contributed by atoms with Crippen molar-refractivity contribution in [2.45, 2.75) is 36.8 Å². The molecule has 4 nitrogen and oxygen atoms in total. The molecule has 0 saturated heterocycles. The Balaban J connectivity index is 1.95. The standard InChI is InChI=1S/C13H19NO3S/c1-3-14-10-7-12(8-10)17-11-5-4-6-13(9-11)18(2,15)16/h4-6,9-10,12,14H,3,7-8H2,1-2H3. The molecule has 1 aliphatic carbocycles. The summed E-state index contributed by atoms with van der Waals surface area (Å²) in [6.07, 6.45) is 3.37. The minimum absolute atomic E-state index is 0.198. The van der Waals surface area contributed by atoms with Crippen LogP contribution >= 0.6 is 0 Å². The molecule has 0 amide bonds. The molecule has 2 rings (SSSR count). The molecule has 0 aromatic heterocycles. The quantitative estimate of drug-likeness (QED) is 0.882. The van der Waals surface area contributed by atoms with Gasteiger partial charge in [-0.3, -0.25) is 0 Å². The van der Waals surface area contributed by atoms with Gasteiger partial charge in [0, 0.05) is 12.3 Å². The Morgan fingerprint density at radius 2 is 2.11 bits per heavy atom. The van der Waals surface area contributed by atoms with Crippen molar-refractivity contribution in [3.8, 4) is 5.75 Å². The van der Waals surface area contributed by atoms with Crippen LogP contribution in [-0.4, -0.2) is 33.4 Å². The molecule has 5 heteroatoms. The van der Waals surface area contributed by atoms with Crippen molar-refractivity contribution in [2.24, 2.45) is 0 Å². The highest BCUT2D eigenvalue weighted by atomic mass is 32.2. The predicted octanol–water partition coefficient (Wildman–Crippen LogP) is 1.61. The van der Waals surface area contributed by atoms with Crippen LogP contribution in [0, 0.1) is 0 Å². The van der Waals surface area contributed by atoms with Crippen molar-refractivity contribution in [2.75, 3.05) is 12.8 Å². The van der Waals surface area contributed by atoms with Crippen LogP contribution in [-0.2, 0) is 9.84 Å². The summed E-state index contributed by atoms with van der Waals surface area (Å²) in [6.45, 7) is 3.06. The third-order valence-electron chi connectivity index (χ3n) is 3.12. The maximum absolute atomic E-state index is 11.4. The summed E-state index contributed by atoms with van der Waals surface area (Å²) in [5.74, 6) is 0.637. The van der Waals surface area contributed by atoms with Crippen molar-refractivity contribution in [3.05, 3.63) is 24.3 Å². The first-order chi connectivity index (χ1) is 8.49. The fourth-order valence-electron chi connectivity index (χ4n) is 2.09. The van der Waals surface area contributed by atoms with Gasteiger partial charge in [-0.05, 0) is 37.6 Å². The lowest BCUT2D eigenvalue weighted by atomic mass is 9.89. The summed E-state index contributed by atoms with van der Waals surface area (Å²) in [6, 6.07) is 7.24. The number of hydrogen-bond acceptors (Lipinski definition) is 4. The van der Waals surface area contributed by atoms with Gasteiger partial charge in [0.05, 0.1) is 4.90 Å². The van der Waals surface area contributed by atoms with Crippen LogP contribution in [0.5, 0.6) is 5.75 Å². The minimum atomic E-state index is -3.16. The van der Waals surface area contributed by atoms with E-state index in [9.17, 15) is 8.42 Å². The van der Waals surface area contributed by atoms with Gasteiger partial charge in [0.25, 0.3) is 0 Å². The number of benzene rings is 1. The van der Waals surface area contributed by atoms with E-state index in [4.69, 9.17) is 4.74 Å². The van der Waals surface area contributed by atoms with E-state index < -0.39 is 9.84 Å². The van der Waals surface area contributed by atoms with E-state index in [1.165, 1.54) is 6.26 Å². The monoisotopic (exact) mass is 269 g/mol. The highest BCUT2D eigenvalue weighted by Gasteiger charge is 2.30. The van der Waals surface area contributed by atoms with Crippen LogP contribution < -0.4 is 10.1 Å². The Kier molecular flexibility index (Phi) is 3.92. The first-order valence-corrected chi connectivity index (χ1v) is 8.08. The Bertz CT molecular complexity index is 507. The van der Waals surface area contributed by atoms with Gasteiger partial charge in [-0.15, -0.1) is 0 Å². The minimum Gasteiger partial charge on any atom is -0.490 e. The maximum atomic E-state index is 11.4. The number of ether oxygens (including phenoxy) is 1. The summed E-state index contributed by atoms with van der Waals surface area (Å²) in [5.41, 5.74) is 0. The normalized spacial score (nSPS) is 23.4. The smallest absolute Gasteiger partial charge is 0.175 e. The zero-order valence-corrected chi connectivity index (χ0v) is 11.5. The fourth-order valence-corrected chi connectivity index (χ4v) is 2.74. The molecule has 0 spiro atoms. The molecule has 1 aromatic rings. The van der Waals surface area contributed by atoms with E-state index in [-0.39, 0.29) is 6.10 Å². The van der Waals surface area contributed by atoms with Gasteiger partial charge < -0.3 is 10.1 Å². The van der Waals surface area contributed by atoms with Crippen molar-refractivity contribution >= 4 is 9.84 Å². The molecule has 100 valence electrons. The highest BCUT2D eigenvalue weighted by molar-refractivity contribution is 7.90. The van der Waals surface area contributed by atoms with E-state index >= 15 is 0 Å². The molecule has 0 heterocycles. The van der Waals surface area contributed by atoms with Crippen LogP contribution in [0.4, 0.5) is 0 Å². The molecule has 0 aliphatic heterocycles. The van der Waals surface area contributed by atoms with E-state index in [1.807, 2.05) is 0 Å². The number of rotatable bonds is 5. The third kappa shape index (κ3) is 3.23. The zero-order chi connectivity index (χ0) is 13.2. The molecular weight excluding hydrogens is 250 g/mol. The van der Waals surface area contributed by atoms with Crippen molar-refractivity contribution in [3.63, 3.8) is 0 Å². The molecular formula is C13H19NO3S. The molecule has 1 saturated carbocycles. The van der Waals surface area contributed by atoms with Crippen molar-refractivity contribution < 1.29 is 13.2 Å². The zero-order valence-electron chi connectivity index (χ0n) is 10.7. The first-order valence-electron chi connectivity index (χ1n) is 6.19. The third-order valence-corrected chi connectivity index (χ3v) is 4.23. The molecule has 18 heavy (non-hydrogen) atoms. The second-order valence-electron chi connectivity index (χ2n) is 4.71. The van der Waals surface area contributed by atoms with E-state index in [2.05, 4.69) is 12.2 Å². The van der Waals surface area contributed by atoms with Gasteiger partial charge in [0.15, 0.2) is 9.84 Å². The lowest BCUT2D eigenvalue weighted by Crippen LogP contribution is -2.46. The van der Waals surface area contributed by atoms with Crippen LogP contribution in [0.25, 0.3) is 0 Å². The molecule has 0 unspecified atom stereocenters. The predicted molar refractivity (Wildman–Crippen MR) is 70.7 cm³/mol. The number of nitrogens with one attached hydrogen (secondary N) is 1. The van der Waals surface area contributed by atoms with Crippen LogP contribution in [0.1, 0.15) is 19.8 Å². The van der Waals surface area contributed by atoms with Crippen LogP contribution in [0.2, 0.25) is 0 Å². The average Bonchev–Trinajstić information content (AvgIpc) is 2.26. The van der Waals surface area contributed by atoms with Gasteiger partial charge in [0.2, 0.25) is 0 Å². The van der Waals surface area contributed by atoms with Gasteiger partial charge in [-0.1, -0.05) is 13.0 Å². The Labute approximate surface area is 108 Å². The second-order valence-corrected chi connectivity index (χ2v) is 6.73. The second kappa shape index (κ2) is 5.28. The Morgan fingerprint density at radius 1 is 1.39 bits per heavy atom. The van der Waals surface area contributed by atoms with Gasteiger partial charge in [-0.25, -0.2) is 8.42 Å². The summed E-state index contributed by atoms with van der Waals surface area (Å²) in [7, 11) is -3.16. The van der Waals surface area contributed by atoms with Gasteiger partial charge >= 0.3 is 0 Å². The van der Waals surface area contributed by atoms with Crippen LogP contribution in [0.15, 0.2) is 29.2 Å². The summed E-state index contributed by atoms with van der Waals surface area (Å²) in [4.78, 5) is 0.308. The molecule has 1 N–H and O–H groups in total. The maximum Gasteiger partial charge on any atom is 0.175 e. The van der Waals surface area contributed by atoms with E-state index in [0.29, 0.717) is 16.7 Å². The van der Waals surface area contributed by atoms with E-state index in [0.717, 1.165) is 19.4 Å². The van der Waals surface area contributed by atoms with Gasteiger partial charge in [-0.2, -0.15) is 0 Å². The summed E-state index contributed by atoms with van der Waals surface area (Å²) in [5, 5.41) is 3.36. The molecule has 1 aromatic carbocycles. The molecule has 0 atom stereocenters. The Morgan fingerprint density at radius 3 is 2.72 bits per heavy atom. The topological polar surface area (TPSA) is 55.4 Å². The molecule has 0 bridgehead atoms. The van der Waals surface area contributed by atoms with Gasteiger partial charge in [0.1, 0.15) is 11.9 Å². The molecule has 1 aliphatic rings. The largest absolute Gasteiger partial charge is 0.490 e. The first kappa shape index (κ1) is 13.4. The SMILES string of the molecule is CCNC1CC(Oc2cccc(S(C)(=O)=O)c2)C1. The number of hydrogen-bond donors (Lipinski definition) is 1. The summed E-state index contributed by atoms with van der Waals surface area (Å²) >= 11 is 0. The van der Waals surface area contributed by atoms with E-state index in [1.54, 1.807) is 24.3 Å². The van der Waals surface area contributed by atoms with Crippen molar-refractivity contribution in [1.29, 1.82) is 0 Å². The highest BCUT2D eigenvalue weighted by Crippen LogP contribution is 2.27. The van der Waals surface area contributed by atoms with Crippen LogP contribution in [0.3, 0.4) is 0 Å². The molecule has 1 fully saturated rings. The lowest BCUT2D eigenvalue weighted by Gasteiger charge is -2.35.